The Morgan fingerprint density at radius 2 is 2.00 bits per heavy atom. The van der Waals surface area contributed by atoms with E-state index in [1.807, 2.05) is 25.1 Å². The number of hydrogen-bond donors (Lipinski definition) is 0. The van der Waals surface area contributed by atoms with E-state index in [4.69, 9.17) is 33.2 Å². The summed E-state index contributed by atoms with van der Waals surface area (Å²) in [6, 6.07) is 13.1. The molecule has 0 fully saturated rings. The van der Waals surface area contributed by atoms with Crippen LogP contribution >= 0.6 is 23.2 Å². The summed E-state index contributed by atoms with van der Waals surface area (Å²) in [7, 11) is 0. The van der Waals surface area contributed by atoms with Gasteiger partial charge in [-0.15, -0.1) is 11.6 Å². The highest BCUT2D eigenvalue weighted by Gasteiger charge is 2.08. The zero-order valence-electron chi connectivity index (χ0n) is 11.0. The first-order valence-corrected chi connectivity index (χ1v) is 7.02. The van der Waals surface area contributed by atoms with Crippen LogP contribution in [0.4, 0.5) is 0 Å². The van der Waals surface area contributed by atoms with E-state index in [1.165, 1.54) is 0 Å². The molecule has 0 radical (unpaired) electrons. The van der Waals surface area contributed by atoms with Gasteiger partial charge in [-0.3, -0.25) is 0 Å². The van der Waals surface area contributed by atoms with Crippen LogP contribution in [0.3, 0.4) is 0 Å². The van der Waals surface area contributed by atoms with Crippen molar-refractivity contribution in [3.63, 3.8) is 0 Å². The van der Waals surface area contributed by atoms with Gasteiger partial charge in [0, 0.05) is 16.1 Å². The molecule has 2 rings (SSSR count). The van der Waals surface area contributed by atoms with E-state index in [2.05, 4.69) is 6.07 Å². The highest BCUT2D eigenvalue weighted by molar-refractivity contribution is 6.31. The number of para-hydroxylation sites is 1. The fraction of sp³-hybridized carbons (Fsp3) is 0.188. The molecule has 4 heteroatoms. The first kappa shape index (κ1) is 14.7. The summed E-state index contributed by atoms with van der Waals surface area (Å²) >= 11 is 12.0. The largest absolute Gasteiger partial charge is 0.488 e. The molecule has 0 amide bonds. The van der Waals surface area contributed by atoms with Gasteiger partial charge >= 0.3 is 0 Å². The summed E-state index contributed by atoms with van der Waals surface area (Å²) in [5.41, 5.74) is 3.37. The molecule has 0 saturated carbocycles. The number of hydrogen-bond acceptors (Lipinski definition) is 2. The molecule has 0 heterocycles. The molecular weight excluding hydrogens is 293 g/mol. The van der Waals surface area contributed by atoms with Gasteiger partial charge in [0.1, 0.15) is 12.4 Å². The summed E-state index contributed by atoms with van der Waals surface area (Å²) in [5, 5.41) is 9.34. The molecule has 0 aromatic heterocycles. The minimum absolute atomic E-state index is 0.347. The van der Waals surface area contributed by atoms with Gasteiger partial charge < -0.3 is 4.74 Å². The van der Waals surface area contributed by atoms with Gasteiger partial charge in [-0.25, -0.2) is 0 Å². The highest BCUT2D eigenvalue weighted by Crippen LogP contribution is 2.27. The molecule has 0 spiro atoms. The molecular formula is C16H13Cl2NO. The summed E-state index contributed by atoms with van der Waals surface area (Å²) in [6.07, 6.45) is 0. The highest BCUT2D eigenvalue weighted by atomic mass is 35.5. The number of halogens is 2. The van der Waals surface area contributed by atoms with Crippen molar-refractivity contribution in [2.45, 2.75) is 19.4 Å². The first-order valence-electron chi connectivity index (χ1n) is 6.11. The molecule has 0 aliphatic rings. The van der Waals surface area contributed by atoms with Crippen LogP contribution in [-0.2, 0) is 12.5 Å². The fourth-order valence-corrected chi connectivity index (χ4v) is 2.35. The minimum atomic E-state index is 0.347. The lowest BCUT2D eigenvalue weighted by Gasteiger charge is -2.13. The van der Waals surface area contributed by atoms with Crippen molar-refractivity contribution in [2.24, 2.45) is 0 Å². The molecule has 2 nitrogen and oxygen atoms in total. The first-order chi connectivity index (χ1) is 9.65. The number of benzene rings is 2. The van der Waals surface area contributed by atoms with Crippen LogP contribution in [0.5, 0.6) is 5.75 Å². The zero-order valence-corrected chi connectivity index (χ0v) is 12.5. The van der Waals surface area contributed by atoms with Crippen molar-refractivity contribution in [3.05, 3.63) is 63.7 Å². The van der Waals surface area contributed by atoms with Crippen molar-refractivity contribution in [2.75, 3.05) is 0 Å². The molecule has 0 N–H and O–H groups in total. The zero-order chi connectivity index (χ0) is 14.5. The van der Waals surface area contributed by atoms with Gasteiger partial charge in [0.15, 0.2) is 0 Å². The molecule has 0 aliphatic carbocycles. The van der Waals surface area contributed by atoms with E-state index in [0.717, 1.165) is 22.4 Å². The fourth-order valence-electron chi connectivity index (χ4n) is 1.91. The molecule has 20 heavy (non-hydrogen) atoms. The quantitative estimate of drug-likeness (QED) is 0.757. The summed E-state index contributed by atoms with van der Waals surface area (Å²) < 4.78 is 5.85. The van der Waals surface area contributed by atoms with Crippen LogP contribution in [0.25, 0.3) is 0 Å². The second kappa shape index (κ2) is 6.65. The lowest BCUT2D eigenvalue weighted by atomic mass is 10.1. The van der Waals surface area contributed by atoms with Crippen LogP contribution in [0.15, 0.2) is 36.4 Å². The molecule has 2 aromatic carbocycles. The predicted octanol–water partition coefficient (Wildman–Crippen LogP) is 4.84. The van der Waals surface area contributed by atoms with E-state index in [-0.39, 0.29) is 0 Å². The number of rotatable bonds is 4. The Hall–Kier alpha value is -1.69. The van der Waals surface area contributed by atoms with Crippen molar-refractivity contribution in [3.8, 4) is 11.8 Å². The SMILES string of the molecule is Cc1cccc(CCl)c1OCc1ccc(C#N)cc1Cl. The Labute approximate surface area is 128 Å². The van der Waals surface area contributed by atoms with Crippen LogP contribution in [0.1, 0.15) is 22.3 Å². The molecule has 102 valence electrons. The van der Waals surface area contributed by atoms with Crippen molar-refractivity contribution >= 4 is 23.2 Å². The van der Waals surface area contributed by atoms with E-state index in [9.17, 15) is 0 Å². The Morgan fingerprint density at radius 1 is 1.20 bits per heavy atom. The van der Waals surface area contributed by atoms with Crippen molar-refractivity contribution < 1.29 is 4.74 Å². The Bertz CT molecular complexity index is 662. The molecule has 0 atom stereocenters. The molecule has 2 aromatic rings. The third kappa shape index (κ3) is 3.25. The van der Waals surface area contributed by atoms with Gasteiger partial charge in [-0.1, -0.05) is 35.9 Å². The number of nitriles is 1. The van der Waals surface area contributed by atoms with Gasteiger partial charge in [0.2, 0.25) is 0 Å². The average Bonchev–Trinajstić information content (AvgIpc) is 2.46. The summed E-state index contributed by atoms with van der Waals surface area (Å²) in [6.45, 7) is 2.32. The smallest absolute Gasteiger partial charge is 0.127 e. The monoisotopic (exact) mass is 305 g/mol. The number of nitrogens with zero attached hydrogens (tertiary/aromatic N) is 1. The Kier molecular flexibility index (Phi) is 4.89. The number of ether oxygens (including phenoxy) is 1. The van der Waals surface area contributed by atoms with E-state index >= 15 is 0 Å². The Morgan fingerprint density at radius 3 is 2.65 bits per heavy atom. The van der Waals surface area contributed by atoms with Crippen LogP contribution in [0.2, 0.25) is 5.02 Å². The van der Waals surface area contributed by atoms with Crippen LogP contribution in [0, 0.1) is 18.3 Å². The normalized spacial score (nSPS) is 10.1. The van der Waals surface area contributed by atoms with Crippen molar-refractivity contribution in [1.29, 1.82) is 5.26 Å². The third-order valence-electron chi connectivity index (χ3n) is 2.99. The topological polar surface area (TPSA) is 33.0 Å². The third-order valence-corrected chi connectivity index (χ3v) is 3.63. The Balaban J connectivity index is 2.19. The maximum atomic E-state index is 8.81. The lowest BCUT2D eigenvalue weighted by molar-refractivity contribution is 0.302. The minimum Gasteiger partial charge on any atom is -0.488 e. The molecule has 0 unspecified atom stereocenters. The molecule has 0 aliphatic heterocycles. The van der Waals surface area contributed by atoms with Gasteiger partial charge in [-0.2, -0.15) is 5.26 Å². The second-order valence-electron chi connectivity index (χ2n) is 4.40. The molecule has 0 saturated heterocycles. The number of alkyl halides is 1. The number of aryl methyl sites for hydroxylation is 1. The van der Waals surface area contributed by atoms with Gasteiger partial charge in [-0.05, 0) is 24.6 Å². The average molecular weight is 306 g/mol. The van der Waals surface area contributed by atoms with Crippen LogP contribution < -0.4 is 4.74 Å². The summed E-state index contributed by atoms with van der Waals surface area (Å²) in [4.78, 5) is 0. The standard InChI is InChI=1S/C16H13Cl2NO/c1-11-3-2-4-13(8-17)16(11)20-10-14-6-5-12(9-19)7-15(14)18/h2-7H,8,10H2,1H3. The van der Waals surface area contributed by atoms with Crippen LogP contribution in [-0.4, -0.2) is 0 Å². The predicted molar refractivity (Wildman–Crippen MR) is 81.2 cm³/mol. The van der Waals surface area contributed by atoms with Crippen molar-refractivity contribution in [1.82, 2.24) is 0 Å². The van der Waals surface area contributed by atoms with E-state index < -0.39 is 0 Å². The van der Waals surface area contributed by atoms with Gasteiger partial charge in [0.05, 0.1) is 17.5 Å². The van der Waals surface area contributed by atoms with E-state index in [1.54, 1.807) is 18.2 Å². The maximum Gasteiger partial charge on any atom is 0.127 e. The second-order valence-corrected chi connectivity index (χ2v) is 5.08. The lowest BCUT2D eigenvalue weighted by Crippen LogP contribution is -2.00. The molecule has 0 bridgehead atoms. The van der Waals surface area contributed by atoms with Gasteiger partial charge in [0.25, 0.3) is 0 Å². The maximum absolute atomic E-state index is 8.81. The summed E-state index contributed by atoms with van der Waals surface area (Å²) in [5.74, 6) is 1.20. The van der Waals surface area contributed by atoms with E-state index in [0.29, 0.717) is 23.1 Å².